The summed E-state index contributed by atoms with van der Waals surface area (Å²) in [4.78, 5) is 12.2. The van der Waals surface area contributed by atoms with Crippen LogP contribution in [0, 0.1) is 5.92 Å². The molecular formula is C18H26N2O4. The third-order valence-electron chi connectivity index (χ3n) is 5.30. The predicted molar refractivity (Wildman–Crippen MR) is 92.0 cm³/mol. The van der Waals surface area contributed by atoms with Gasteiger partial charge in [0.1, 0.15) is 0 Å². The highest BCUT2D eigenvalue weighted by atomic mass is 16.5. The van der Waals surface area contributed by atoms with Crippen molar-refractivity contribution in [3.8, 4) is 17.2 Å². The molecule has 1 aliphatic carbocycles. The van der Waals surface area contributed by atoms with Crippen molar-refractivity contribution in [1.29, 1.82) is 0 Å². The molecule has 1 fully saturated rings. The van der Waals surface area contributed by atoms with Gasteiger partial charge in [-0.15, -0.1) is 0 Å². The molecule has 1 heterocycles. The SMILES string of the molecule is COc1cc2c(c(OC)c1OC)[C@@H](C1CCC(N)CC1)CC(=O)N2. The highest BCUT2D eigenvalue weighted by molar-refractivity contribution is 5.96. The Hall–Kier alpha value is -1.95. The molecule has 2 aliphatic rings. The highest BCUT2D eigenvalue weighted by Crippen LogP contribution is 2.53. The second kappa shape index (κ2) is 6.89. The standard InChI is InChI=1S/C18H26N2O4/c1-22-14-9-13-16(18(24-3)17(14)23-2)12(8-15(21)20-13)10-4-6-11(19)7-5-10/h9-12H,4-8,19H2,1-3H3,(H,20,21)/t10?,11?,12-/m1/s1. The Bertz CT molecular complexity index is 624. The summed E-state index contributed by atoms with van der Waals surface area (Å²) >= 11 is 0. The molecule has 0 spiro atoms. The van der Waals surface area contributed by atoms with Gasteiger partial charge in [0.05, 0.1) is 27.0 Å². The number of hydrogen-bond acceptors (Lipinski definition) is 5. The molecule has 132 valence electrons. The van der Waals surface area contributed by atoms with E-state index in [0.717, 1.165) is 36.9 Å². The first-order chi connectivity index (χ1) is 11.6. The molecular weight excluding hydrogens is 308 g/mol. The smallest absolute Gasteiger partial charge is 0.225 e. The van der Waals surface area contributed by atoms with Crippen molar-refractivity contribution in [2.24, 2.45) is 11.7 Å². The van der Waals surface area contributed by atoms with Crippen LogP contribution in [0.15, 0.2) is 6.07 Å². The first kappa shape index (κ1) is 16.9. The van der Waals surface area contributed by atoms with Gasteiger partial charge < -0.3 is 25.3 Å². The van der Waals surface area contributed by atoms with Crippen LogP contribution in [0.1, 0.15) is 43.6 Å². The van der Waals surface area contributed by atoms with Crippen molar-refractivity contribution in [3.63, 3.8) is 0 Å². The average molecular weight is 334 g/mol. The zero-order valence-corrected chi connectivity index (χ0v) is 14.6. The maximum atomic E-state index is 12.2. The number of carbonyl (C=O) groups is 1. The van der Waals surface area contributed by atoms with Crippen molar-refractivity contribution in [3.05, 3.63) is 11.6 Å². The average Bonchev–Trinajstić information content (AvgIpc) is 2.59. The maximum Gasteiger partial charge on any atom is 0.225 e. The van der Waals surface area contributed by atoms with Crippen molar-refractivity contribution < 1.29 is 19.0 Å². The van der Waals surface area contributed by atoms with Crippen LogP contribution in [-0.2, 0) is 4.79 Å². The fourth-order valence-electron chi connectivity index (χ4n) is 4.10. The zero-order valence-electron chi connectivity index (χ0n) is 14.6. The lowest BCUT2D eigenvalue weighted by atomic mass is 9.72. The second-order valence-electron chi connectivity index (χ2n) is 6.64. The van der Waals surface area contributed by atoms with Crippen LogP contribution in [0.3, 0.4) is 0 Å². The third kappa shape index (κ3) is 2.90. The van der Waals surface area contributed by atoms with Crippen LogP contribution in [0.25, 0.3) is 0 Å². The minimum absolute atomic E-state index is 0.0386. The van der Waals surface area contributed by atoms with E-state index in [9.17, 15) is 4.79 Å². The highest BCUT2D eigenvalue weighted by Gasteiger charge is 2.37. The first-order valence-electron chi connectivity index (χ1n) is 8.47. The summed E-state index contributed by atoms with van der Waals surface area (Å²) in [7, 11) is 4.80. The van der Waals surface area contributed by atoms with Crippen molar-refractivity contribution in [1.82, 2.24) is 0 Å². The van der Waals surface area contributed by atoms with Gasteiger partial charge in [0, 0.05) is 30.0 Å². The Morgan fingerprint density at radius 2 is 1.71 bits per heavy atom. The molecule has 1 saturated carbocycles. The molecule has 0 radical (unpaired) electrons. The van der Waals surface area contributed by atoms with Crippen LogP contribution < -0.4 is 25.3 Å². The largest absolute Gasteiger partial charge is 0.493 e. The van der Waals surface area contributed by atoms with Crippen LogP contribution >= 0.6 is 0 Å². The Labute approximate surface area is 142 Å². The zero-order chi connectivity index (χ0) is 17.3. The lowest BCUT2D eigenvalue weighted by Crippen LogP contribution is -2.33. The van der Waals surface area contributed by atoms with Gasteiger partial charge in [0.15, 0.2) is 11.5 Å². The summed E-state index contributed by atoms with van der Waals surface area (Å²) in [5, 5.41) is 2.96. The molecule has 6 nitrogen and oxygen atoms in total. The molecule has 3 N–H and O–H groups in total. The molecule has 24 heavy (non-hydrogen) atoms. The summed E-state index contributed by atoms with van der Waals surface area (Å²) in [5.74, 6) is 2.38. The number of fused-ring (bicyclic) bond motifs is 1. The lowest BCUT2D eigenvalue weighted by Gasteiger charge is -2.37. The Morgan fingerprint density at radius 1 is 1.04 bits per heavy atom. The fourth-order valence-corrected chi connectivity index (χ4v) is 4.10. The quantitative estimate of drug-likeness (QED) is 0.884. The minimum atomic E-state index is 0.0386. The number of benzene rings is 1. The summed E-state index contributed by atoms with van der Waals surface area (Å²) in [6.07, 6.45) is 4.56. The molecule has 0 saturated heterocycles. The molecule has 1 amide bonds. The van der Waals surface area contributed by atoms with Gasteiger partial charge in [0.2, 0.25) is 11.7 Å². The molecule has 0 aromatic heterocycles. The van der Waals surface area contributed by atoms with Crippen LogP contribution in [0.5, 0.6) is 17.2 Å². The molecule has 1 aliphatic heterocycles. The molecule has 3 rings (SSSR count). The van der Waals surface area contributed by atoms with Crippen molar-refractivity contribution >= 4 is 11.6 Å². The first-order valence-corrected chi connectivity index (χ1v) is 8.47. The fraction of sp³-hybridized carbons (Fsp3) is 0.611. The van der Waals surface area contributed by atoms with Gasteiger partial charge in [-0.05, 0) is 31.6 Å². The summed E-state index contributed by atoms with van der Waals surface area (Å²) in [6, 6.07) is 2.11. The Morgan fingerprint density at radius 3 is 2.29 bits per heavy atom. The number of hydrogen-bond donors (Lipinski definition) is 2. The van der Waals surface area contributed by atoms with Crippen molar-refractivity contribution in [2.45, 2.75) is 44.1 Å². The third-order valence-corrected chi connectivity index (χ3v) is 5.30. The number of ether oxygens (including phenoxy) is 3. The van der Waals surface area contributed by atoms with E-state index in [-0.39, 0.29) is 17.9 Å². The molecule has 6 heteroatoms. The van der Waals surface area contributed by atoms with Crippen LogP contribution in [-0.4, -0.2) is 33.3 Å². The lowest BCUT2D eigenvalue weighted by molar-refractivity contribution is -0.117. The number of anilines is 1. The molecule has 1 aromatic carbocycles. The van der Waals surface area contributed by atoms with Crippen molar-refractivity contribution in [2.75, 3.05) is 26.6 Å². The Balaban J connectivity index is 2.08. The molecule has 1 aromatic rings. The van der Waals surface area contributed by atoms with E-state index in [1.54, 1.807) is 21.3 Å². The van der Waals surface area contributed by atoms with Gasteiger partial charge in [0.25, 0.3) is 0 Å². The minimum Gasteiger partial charge on any atom is -0.493 e. The van der Waals surface area contributed by atoms with Gasteiger partial charge in [-0.1, -0.05) is 0 Å². The molecule has 1 atom stereocenters. The van der Waals surface area contributed by atoms with E-state index in [2.05, 4.69) is 5.32 Å². The number of nitrogens with one attached hydrogen (secondary N) is 1. The topological polar surface area (TPSA) is 82.8 Å². The van der Waals surface area contributed by atoms with Crippen LogP contribution in [0.2, 0.25) is 0 Å². The van der Waals surface area contributed by atoms with E-state index in [1.165, 1.54) is 0 Å². The summed E-state index contributed by atoms with van der Waals surface area (Å²) in [6.45, 7) is 0. The van der Waals surface area contributed by atoms with Gasteiger partial charge in [-0.25, -0.2) is 0 Å². The number of methoxy groups -OCH3 is 3. The summed E-state index contributed by atoms with van der Waals surface area (Å²) < 4.78 is 16.6. The molecule has 0 unspecified atom stereocenters. The predicted octanol–water partition coefficient (Wildman–Crippen LogP) is 2.66. The number of amides is 1. The maximum absolute atomic E-state index is 12.2. The van der Waals surface area contributed by atoms with E-state index in [0.29, 0.717) is 29.6 Å². The van der Waals surface area contributed by atoms with Gasteiger partial charge >= 0.3 is 0 Å². The number of rotatable bonds is 4. The van der Waals surface area contributed by atoms with E-state index in [1.807, 2.05) is 6.07 Å². The molecule has 0 bridgehead atoms. The number of carbonyl (C=O) groups excluding carboxylic acids is 1. The normalized spacial score (nSPS) is 26.3. The van der Waals surface area contributed by atoms with E-state index in [4.69, 9.17) is 19.9 Å². The Kier molecular flexibility index (Phi) is 4.85. The van der Waals surface area contributed by atoms with Crippen LogP contribution in [0.4, 0.5) is 5.69 Å². The van der Waals surface area contributed by atoms with Gasteiger partial charge in [-0.3, -0.25) is 4.79 Å². The second-order valence-corrected chi connectivity index (χ2v) is 6.64. The van der Waals surface area contributed by atoms with E-state index >= 15 is 0 Å². The monoisotopic (exact) mass is 334 g/mol. The van der Waals surface area contributed by atoms with E-state index < -0.39 is 0 Å². The van der Waals surface area contributed by atoms with Gasteiger partial charge in [-0.2, -0.15) is 0 Å². The summed E-state index contributed by atoms with van der Waals surface area (Å²) in [5.41, 5.74) is 7.84. The number of nitrogens with two attached hydrogens (primary N) is 1.